The average molecular weight is 471 g/mol. The molecule has 2 aromatic rings. The number of amides is 3. The number of benzodiazepines with no additional fused rings is 1. The number of fused-ring (bicyclic) bond motifs is 1. The van der Waals surface area contributed by atoms with Crippen LogP contribution in [-0.4, -0.2) is 35.8 Å². The van der Waals surface area contributed by atoms with Gasteiger partial charge in [-0.1, -0.05) is 42.5 Å². The van der Waals surface area contributed by atoms with E-state index in [-0.39, 0.29) is 17.0 Å². The number of nitrogens with two attached hydrogens (primary N) is 1. The third-order valence-corrected chi connectivity index (χ3v) is 5.12. The Morgan fingerprint density at radius 3 is 2.50 bits per heavy atom. The lowest BCUT2D eigenvalue weighted by Crippen LogP contribution is -2.45. The van der Waals surface area contributed by atoms with Gasteiger partial charge in [0, 0.05) is 29.9 Å². The highest BCUT2D eigenvalue weighted by atomic mass is 19.4. The fourth-order valence-corrected chi connectivity index (χ4v) is 3.51. The van der Waals surface area contributed by atoms with Crippen LogP contribution in [-0.2, 0) is 14.4 Å². The lowest BCUT2D eigenvalue weighted by Gasteiger charge is -2.19. The van der Waals surface area contributed by atoms with Gasteiger partial charge < -0.3 is 16.4 Å². The van der Waals surface area contributed by atoms with Crippen LogP contribution >= 0.6 is 0 Å². The van der Waals surface area contributed by atoms with E-state index in [0.29, 0.717) is 11.1 Å². The first kappa shape index (κ1) is 24.4. The van der Waals surface area contributed by atoms with Crippen molar-refractivity contribution < 1.29 is 27.6 Å². The van der Waals surface area contributed by atoms with E-state index in [9.17, 15) is 32.8 Å². The number of nitrogens with zero attached hydrogens (tertiary/aromatic N) is 2. The maximum atomic E-state index is 12.9. The van der Waals surface area contributed by atoms with Crippen LogP contribution in [0.1, 0.15) is 36.0 Å². The van der Waals surface area contributed by atoms with Gasteiger partial charge >= 0.3 is 6.18 Å². The molecule has 0 saturated carbocycles. The molecule has 0 aromatic heterocycles. The van der Waals surface area contributed by atoms with Gasteiger partial charge in [-0.25, -0.2) is 4.99 Å². The van der Waals surface area contributed by atoms with Gasteiger partial charge in [0.15, 0.2) is 0 Å². The van der Waals surface area contributed by atoms with E-state index in [1.165, 1.54) is 6.07 Å². The predicted octanol–water partition coefficient (Wildman–Crippen LogP) is 2.62. The van der Waals surface area contributed by atoms with E-state index in [2.05, 4.69) is 15.6 Å². The van der Waals surface area contributed by atoms with E-state index in [1.807, 2.05) is 6.07 Å². The van der Waals surface area contributed by atoms with Crippen molar-refractivity contribution in [2.75, 3.05) is 5.32 Å². The lowest BCUT2D eigenvalue weighted by molar-refractivity contribution is -0.143. The monoisotopic (exact) mass is 471 g/mol. The SMILES string of the molecule is N#Cc1cccc2c1NC(=O)C(NC(=O)C(CCC(F)(F)F)CC(N)=O)N=C2c1ccccc1. The van der Waals surface area contributed by atoms with Gasteiger partial charge in [-0.05, 0) is 12.5 Å². The average Bonchev–Trinajstić information content (AvgIpc) is 2.92. The van der Waals surface area contributed by atoms with E-state index in [1.54, 1.807) is 42.5 Å². The van der Waals surface area contributed by atoms with Gasteiger partial charge in [0.05, 0.1) is 17.0 Å². The van der Waals surface area contributed by atoms with Gasteiger partial charge in [-0.2, -0.15) is 18.4 Å². The van der Waals surface area contributed by atoms with Crippen molar-refractivity contribution in [3.8, 4) is 6.07 Å². The maximum absolute atomic E-state index is 12.9. The normalized spacial score (nSPS) is 16.2. The van der Waals surface area contributed by atoms with Crippen molar-refractivity contribution >= 4 is 29.1 Å². The van der Waals surface area contributed by atoms with E-state index < -0.39 is 55.2 Å². The van der Waals surface area contributed by atoms with Crippen LogP contribution < -0.4 is 16.4 Å². The zero-order valence-electron chi connectivity index (χ0n) is 17.7. The number of nitriles is 1. The number of primary amides is 1. The van der Waals surface area contributed by atoms with Crippen molar-refractivity contribution in [3.63, 3.8) is 0 Å². The molecule has 176 valence electrons. The molecule has 0 radical (unpaired) electrons. The molecule has 8 nitrogen and oxygen atoms in total. The van der Waals surface area contributed by atoms with Gasteiger partial charge in [0.2, 0.25) is 18.0 Å². The molecule has 0 spiro atoms. The molecule has 11 heteroatoms. The summed E-state index contributed by atoms with van der Waals surface area (Å²) in [6.07, 6.45) is -8.66. The molecule has 0 fully saturated rings. The molecular weight excluding hydrogens is 451 g/mol. The quantitative estimate of drug-likeness (QED) is 0.572. The first-order chi connectivity index (χ1) is 16.1. The highest BCUT2D eigenvalue weighted by Gasteiger charge is 2.34. The number of para-hydroxylation sites is 1. The Balaban J connectivity index is 1.98. The molecule has 3 amide bonds. The zero-order chi connectivity index (χ0) is 24.9. The van der Waals surface area contributed by atoms with Crippen LogP contribution in [0.3, 0.4) is 0 Å². The molecular formula is C23H20F3N5O3. The number of nitrogens with one attached hydrogen (secondary N) is 2. The topological polar surface area (TPSA) is 137 Å². The Morgan fingerprint density at radius 1 is 1.18 bits per heavy atom. The summed E-state index contributed by atoms with van der Waals surface area (Å²) in [5.41, 5.74) is 6.77. The summed E-state index contributed by atoms with van der Waals surface area (Å²) in [7, 11) is 0. The lowest BCUT2D eigenvalue weighted by atomic mass is 9.97. The number of alkyl halides is 3. The summed E-state index contributed by atoms with van der Waals surface area (Å²) in [6.45, 7) is 0. The van der Waals surface area contributed by atoms with Crippen LogP contribution in [0, 0.1) is 17.2 Å². The summed E-state index contributed by atoms with van der Waals surface area (Å²) in [5, 5.41) is 14.4. The molecule has 0 aliphatic carbocycles. The molecule has 3 rings (SSSR count). The smallest absolute Gasteiger partial charge is 0.370 e. The van der Waals surface area contributed by atoms with Gasteiger partial charge in [0.25, 0.3) is 5.91 Å². The van der Waals surface area contributed by atoms with Crippen molar-refractivity contribution in [1.82, 2.24) is 5.32 Å². The van der Waals surface area contributed by atoms with Crippen LogP contribution in [0.25, 0.3) is 0 Å². The Hall–Kier alpha value is -4.20. The Kier molecular flexibility index (Phi) is 7.31. The number of anilines is 1. The second kappa shape index (κ2) is 10.2. The standard InChI is InChI=1S/C23H20F3N5O3/c24-23(25,26)10-9-14(11-17(28)32)21(33)31-20-22(34)30-19-15(12-27)7-4-8-16(19)18(29-20)13-5-2-1-3-6-13/h1-8,14,20H,9-11H2,(H2,28,32)(H,30,34)(H,31,33). The maximum Gasteiger partial charge on any atom is 0.389 e. The van der Waals surface area contributed by atoms with Crippen LogP contribution in [0.2, 0.25) is 0 Å². The van der Waals surface area contributed by atoms with E-state index in [0.717, 1.165) is 0 Å². The number of carbonyl (C=O) groups is 3. The third-order valence-electron chi connectivity index (χ3n) is 5.12. The number of aliphatic imine (C=N–C) groups is 1. The number of hydrogen-bond donors (Lipinski definition) is 3. The molecule has 1 heterocycles. The number of hydrogen-bond acceptors (Lipinski definition) is 5. The molecule has 2 unspecified atom stereocenters. The van der Waals surface area contributed by atoms with Crippen molar-refractivity contribution in [2.24, 2.45) is 16.6 Å². The molecule has 2 atom stereocenters. The van der Waals surface area contributed by atoms with Crippen molar-refractivity contribution in [3.05, 3.63) is 65.2 Å². The fraction of sp³-hybridized carbons (Fsp3) is 0.261. The van der Waals surface area contributed by atoms with Crippen LogP contribution in [0.5, 0.6) is 0 Å². The zero-order valence-corrected chi connectivity index (χ0v) is 17.7. The minimum absolute atomic E-state index is 0.165. The molecule has 34 heavy (non-hydrogen) atoms. The minimum Gasteiger partial charge on any atom is -0.370 e. The molecule has 2 aromatic carbocycles. The first-order valence-corrected chi connectivity index (χ1v) is 10.2. The third kappa shape index (κ3) is 5.98. The number of halogens is 3. The number of benzene rings is 2. The van der Waals surface area contributed by atoms with Gasteiger partial charge in [-0.3, -0.25) is 14.4 Å². The van der Waals surface area contributed by atoms with E-state index in [4.69, 9.17) is 5.73 Å². The highest BCUT2D eigenvalue weighted by molar-refractivity contribution is 6.20. The largest absolute Gasteiger partial charge is 0.389 e. The summed E-state index contributed by atoms with van der Waals surface area (Å²) in [6, 6.07) is 15.4. The summed E-state index contributed by atoms with van der Waals surface area (Å²) >= 11 is 0. The molecule has 0 saturated heterocycles. The molecule has 0 bridgehead atoms. The summed E-state index contributed by atoms with van der Waals surface area (Å²) in [4.78, 5) is 41.4. The molecule has 1 aliphatic rings. The van der Waals surface area contributed by atoms with Gasteiger partial charge in [0.1, 0.15) is 6.07 Å². The van der Waals surface area contributed by atoms with E-state index >= 15 is 0 Å². The number of rotatable bonds is 7. The fourth-order valence-electron chi connectivity index (χ4n) is 3.51. The second-order valence-electron chi connectivity index (χ2n) is 7.61. The van der Waals surface area contributed by atoms with Crippen LogP contribution in [0.15, 0.2) is 53.5 Å². The first-order valence-electron chi connectivity index (χ1n) is 10.2. The summed E-state index contributed by atoms with van der Waals surface area (Å²) in [5.74, 6) is -4.11. The van der Waals surface area contributed by atoms with Crippen molar-refractivity contribution in [1.29, 1.82) is 5.26 Å². The Labute approximate surface area is 192 Å². The highest BCUT2D eigenvalue weighted by Crippen LogP contribution is 2.28. The second-order valence-corrected chi connectivity index (χ2v) is 7.61. The van der Waals surface area contributed by atoms with Gasteiger partial charge in [-0.15, -0.1) is 0 Å². The molecule has 4 N–H and O–H groups in total. The number of carbonyl (C=O) groups excluding carboxylic acids is 3. The predicted molar refractivity (Wildman–Crippen MR) is 116 cm³/mol. The summed E-state index contributed by atoms with van der Waals surface area (Å²) < 4.78 is 38.1. The Morgan fingerprint density at radius 2 is 1.88 bits per heavy atom. The van der Waals surface area contributed by atoms with Crippen LogP contribution in [0.4, 0.5) is 18.9 Å². The Bertz CT molecular complexity index is 1170. The minimum atomic E-state index is -4.54. The molecule has 1 aliphatic heterocycles. The van der Waals surface area contributed by atoms with Crippen molar-refractivity contribution in [2.45, 2.75) is 31.6 Å².